The Kier molecular flexibility index (Phi) is 5.74. The Morgan fingerprint density at radius 2 is 2.14 bits per heavy atom. The Morgan fingerprint density at radius 1 is 1.38 bits per heavy atom. The van der Waals surface area contributed by atoms with Crippen molar-refractivity contribution in [3.05, 3.63) is 69.3 Å². The lowest BCUT2D eigenvalue weighted by molar-refractivity contribution is -0.491. The largest absolute Gasteiger partial charge is 0.281 e. The van der Waals surface area contributed by atoms with Gasteiger partial charge in [0.05, 0.1) is 16.1 Å². The van der Waals surface area contributed by atoms with Crippen molar-refractivity contribution in [1.29, 1.82) is 0 Å². The van der Waals surface area contributed by atoms with Gasteiger partial charge in [-0.05, 0) is 50.6 Å². The molecule has 0 N–H and O–H groups in total. The average Bonchev–Trinajstić information content (AvgIpc) is 3.00. The van der Waals surface area contributed by atoms with Gasteiger partial charge in [-0.3, -0.25) is 14.2 Å². The quantitative estimate of drug-likeness (QED) is 0.455. The summed E-state index contributed by atoms with van der Waals surface area (Å²) >= 11 is 0. The molecule has 0 amide bonds. The number of fused-ring (bicyclic) bond motifs is 3. The molecule has 2 heterocycles. The third-order valence-corrected chi connectivity index (χ3v) is 5.12. The fraction of sp³-hybridized carbons (Fsp3) is 0.250. The minimum Gasteiger partial charge on any atom is -0.271 e. The second kappa shape index (κ2) is 8.24. The fourth-order valence-corrected chi connectivity index (χ4v) is 3.53. The molecule has 1 unspecified atom stereocenters. The smallest absolute Gasteiger partial charge is 0.271 e. The van der Waals surface area contributed by atoms with E-state index in [9.17, 15) is 4.79 Å². The van der Waals surface area contributed by atoms with E-state index < -0.39 is 0 Å². The van der Waals surface area contributed by atoms with Gasteiger partial charge in [0.1, 0.15) is 5.69 Å². The van der Waals surface area contributed by atoms with Crippen LogP contribution in [0.2, 0.25) is 0 Å². The maximum Gasteiger partial charge on any atom is 0.281 e. The van der Waals surface area contributed by atoms with E-state index in [1.165, 1.54) is 0 Å². The zero-order chi connectivity index (χ0) is 21.1. The number of nitrogens with zero attached hydrogens (tertiary/aromatic N) is 4. The lowest BCUT2D eigenvalue weighted by Crippen LogP contribution is -2.34. The minimum absolute atomic E-state index is 0.233. The van der Waals surface area contributed by atoms with E-state index in [0.717, 1.165) is 23.4 Å². The van der Waals surface area contributed by atoms with Crippen LogP contribution in [0.4, 0.5) is 11.4 Å². The number of hydrogen-bond acceptors (Lipinski definition) is 3. The van der Waals surface area contributed by atoms with Crippen molar-refractivity contribution in [3.63, 3.8) is 0 Å². The summed E-state index contributed by atoms with van der Waals surface area (Å²) in [5, 5.41) is 6.86. The highest BCUT2D eigenvalue weighted by Crippen LogP contribution is 2.16. The van der Waals surface area contributed by atoms with Crippen molar-refractivity contribution in [1.82, 2.24) is 4.40 Å². The van der Waals surface area contributed by atoms with E-state index in [1.807, 2.05) is 19.1 Å². The predicted octanol–water partition coefficient (Wildman–Crippen LogP) is 2.80. The zero-order valence-corrected chi connectivity index (χ0v) is 17.2. The Labute approximate surface area is 169 Å². The molecular formula is C24H25N4O+. The van der Waals surface area contributed by atoms with Crippen LogP contribution < -0.4 is 21.3 Å². The summed E-state index contributed by atoms with van der Waals surface area (Å²) in [6.45, 7) is 15.2. The Morgan fingerprint density at radius 3 is 2.79 bits per heavy atom. The van der Waals surface area contributed by atoms with Gasteiger partial charge in [0, 0.05) is 10.3 Å². The molecule has 29 heavy (non-hydrogen) atoms. The van der Waals surface area contributed by atoms with Crippen LogP contribution in [0, 0.1) is 12.8 Å². The van der Waals surface area contributed by atoms with Crippen LogP contribution in [0.3, 0.4) is 0 Å². The van der Waals surface area contributed by atoms with Crippen molar-refractivity contribution >= 4 is 41.1 Å². The summed E-state index contributed by atoms with van der Waals surface area (Å²) in [6.07, 6.45) is 11.4. The third-order valence-electron chi connectivity index (χ3n) is 5.12. The summed E-state index contributed by atoms with van der Waals surface area (Å²) in [6, 6.07) is 0. The molecule has 2 aromatic heterocycles. The monoisotopic (exact) mass is 385 g/mol. The van der Waals surface area contributed by atoms with E-state index >= 15 is 0 Å². The lowest BCUT2D eigenvalue weighted by Gasteiger charge is -2.05. The molecule has 0 radical (unpaired) electrons. The Hall–Kier alpha value is -3.52. The second-order valence-electron chi connectivity index (χ2n) is 7.16. The molecule has 1 atom stereocenters. The molecule has 0 aliphatic heterocycles. The highest BCUT2D eigenvalue weighted by Gasteiger charge is 2.20. The molecule has 2 aromatic rings. The first-order valence-electron chi connectivity index (χ1n) is 9.51. The van der Waals surface area contributed by atoms with Crippen molar-refractivity contribution in [2.24, 2.45) is 16.0 Å². The SMILES string of the molecule is C=C=c1c(C)c(N=C)c(=O)n2c3c(c(N=[N+](C)C=C)c12)=C=CC=CCC(C)CC=3. The van der Waals surface area contributed by atoms with Gasteiger partial charge in [0.25, 0.3) is 5.56 Å². The van der Waals surface area contributed by atoms with Crippen LogP contribution in [0.25, 0.3) is 23.1 Å². The molecule has 1 aliphatic rings. The lowest BCUT2D eigenvalue weighted by atomic mass is 10.0. The van der Waals surface area contributed by atoms with Crippen LogP contribution >= 0.6 is 0 Å². The highest BCUT2D eigenvalue weighted by atomic mass is 16.1. The molecule has 0 spiro atoms. The van der Waals surface area contributed by atoms with E-state index in [2.05, 4.69) is 60.5 Å². The van der Waals surface area contributed by atoms with Gasteiger partial charge in [-0.2, -0.15) is 0 Å². The predicted molar refractivity (Wildman–Crippen MR) is 120 cm³/mol. The maximum atomic E-state index is 13.4. The molecule has 5 nitrogen and oxygen atoms in total. The third kappa shape index (κ3) is 3.50. The molecule has 3 rings (SSSR count). The van der Waals surface area contributed by atoms with E-state index in [-0.39, 0.29) is 5.56 Å². The average molecular weight is 385 g/mol. The summed E-state index contributed by atoms with van der Waals surface area (Å²) < 4.78 is 3.26. The summed E-state index contributed by atoms with van der Waals surface area (Å²) in [5.41, 5.74) is 8.31. The standard InChI is InChI=1S/C24H25N4O/c1-7-18-17(4)21(25-5)24(29)28-20-15-14-16(3)12-10-9-11-13-19(20)22(23(18)28)26-27(6)8-2/h8-11,15-16H,1-2,5,12,14H2,3-4,6H3/q+1. The van der Waals surface area contributed by atoms with Gasteiger partial charge >= 0.3 is 0 Å². The minimum atomic E-state index is -0.233. The molecule has 0 saturated heterocycles. The Balaban J connectivity index is 2.80. The van der Waals surface area contributed by atoms with E-state index in [0.29, 0.717) is 33.6 Å². The summed E-state index contributed by atoms with van der Waals surface area (Å²) in [4.78, 5) is 17.3. The van der Waals surface area contributed by atoms with E-state index in [4.69, 9.17) is 0 Å². The maximum absolute atomic E-state index is 13.4. The molecule has 0 fully saturated rings. The van der Waals surface area contributed by atoms with Crippen LogP contribution in [-0.2, 0) is 0 Å². The number of hydrogen-bond donors (Lipinski definition) is 0. The molecule has 0 saturated carbocycles. The van der Waals surface area contributed by atoms with Crippen molar-refractivity contribution < 1.29 is 4.70 Å². The van der Waals surface area contributed by atoms with Crippen molar-refractivity contribution in [2.75, 3.05) is 7.05 Å². The van der Waals surface area contributed by atoms with Crippen molar-refractivity contribution in [3.8, 4) is 0 Å². The number of pyridine rings is 1. The van der Waals surface area contributed by atoms with Crippen LogP contribution in [-0.4, -0.2) is 22.9 Å². The fourth-order valence-electron chi connectivity index (χ4n) is 3.53. The summed E-state index contributed by atoms with van der Waals surface area (Å²) in [7, 11) is 1.79. The van der Waals surface area contributed by atoms with Crippen LogP contribution in [0.15, 0.2) is 52.5 Å². The summed E-state index contributed by atoms with van der Waals surface area (Å²) in [5.74, 6) is 0.440. The molecular weight excluding hydrogens is 360 g/mol. The molecule has 1 aliphatic carbocycles. The van der Waals surface area contributed by atoms with Gasteiger partial charge in [-0.25, -0.2) is 0 Å². The number of rotatable bonds is 3. The van der Waals surface area contributed by atoms with Crippen molar-refractivity contribution in [2.45, 2.75) is 26.7 Å². The van der Waals surface area contributed by atoms with Crippen LogP contribution in [0.1, 0.15) is 25.3 Å². The molecule has 0 aromatic carbocycles. The first-order valence-corrected chi connectivity index (χ1v) is 9.51. The zero-order valence-electron chi connectivity index (χ0n) is 17.2. The number of allylic oxidation sites excluding steroid dienone is 3. The van der Waals surface area contributed by atoms with Gasteiger partial charge in [-0.15, -0.1) is 11.5 Å². The number of azo groups is 2. The Bertz CT molecular complexity index is 1380. The molecule has 5 heteroatoms. The topological polar surface area (TPSA) is 49.2 Å². The van der Waals surface area contributed by atoms with Crippen LogP contribution in [0.5, 0.6) is 0 Å². The first-order chi connectivity index (χ1) is 13.9. The van der Waals surface area contributed by atoms with Gasteiger partial charge in [0.2, 0.25) is 0 Å². The van der Waals surface area contributed by atoms with Gasteiger partial charge < -0.3 is 0 Å². The van der Waals surface area contributed by atoms with Gasteiger partial charge in [-0.1, -0.05) is 36.4 Å². The normalized spacial score (nSPS) is 16.5. The second-order valence-corrected chi connectivity index (χ2v) is 7.16. The number of aromatic nitrogens is 1. The molecule has 0 bridgehead atoms. The van der Waals surface area contributed by atoms with Gasteiger partial charge in [0.15, 0.2) is 18.9 Å². The first kappa shape index (κ1) is 20.2. The number of aliphatic imine (C=N–C) groups is 1. The highest BCUT2D eigenvalue weighted by molar-refractivity contribution is 5.76. The van der Waals surface area contributed by atoms with E-state index in [1.54, 1.807) is 22.3 Å². The molecule has 146 valence electrons.